The summed E-state index contributed by atoms with van der Waals surface area (Å²) in [5, 5.41) is 11.6. The molecule has 33 heavy (non-hydrogen) atoms. The number of aliphatic hydroxyl groups is 1. The molecule has 3 N–H and O–H groups in total. The molecule has 0 fully saturated rings. The smallest absolute Gasteiger partial charge is 0.238 e. The molecule has 0 saturated heterocycles. The number of aryl methyl sites for hydroxylation is 1. The van der Waals surface area contributed by atoms with Crippen molar-refractivity contribution in [3.63, 3.8) is 0 Å². The van der Waals surface area contributed by atoms with Gasteiger partial charge in [0.25, 0.3) is 0 Å². The van der Waals surface area contributed by atoms with Gasteiger partial charge in [-0.05, 0) is 50.8 Å². The summed E-state index contributed by atoms with van der Waals surface area (Å²) in [4.78, 5) is 0. The van der Waals surface area contributed by atoms with Crippen molar-refractivity contribution < 1.29 is 31.4 Å². The quantitative estimate of drug-likeness (QED) is 0.388. The highest BCUT2D eigenvalue weighted by molar-refractivity contribution is 7.94. The second-order valence-electron chi connectivity index (χ2n) is 7.47. The molecule has 0 bridgehead atoms. The molecule has 0 aromatic heterocycles. The molecule has 2 rings (SSSR count). The molecule has 1 unspecified atom stereocenters. The van der Waals surface area contributed by atoms with Gasteiger partial charge >= 0.3 is 0 Å². The zero-order valence-electron chi connectivity index (χ0n) is 19.9. The molecule has 10 heteroatoms. The highest BCUT2D eigenvalue weighted by Gasteiger charge is 2.38. The summed E-state index contributed by atoms with van der Waals surface area (Å²) in [6, 6.07) is 4.80. The van der Waals surface area contributed by atoms with Gasteiger partial charge in [-0.1, -0.05) is 26.8 Å². The van der Waals surface area contributed by atoms with Crippen LogP contribution in [0.3, 0.4) is 0 Å². The number of anilines is 3. The fourth-order valence-corrected chi connectivity index (χ4v) is 4.56. The number of hydrogen-bond acceptors (Lipinski definition) is 5. The van der Waals surface area contributed by atoms with Crippen molar-refractivity contribution in [2.75, 3.05) is 23.8 Å². The first-order chi connectivity index (χ1) is 15.5. The van der Waals surface area contributed by atoms with E-state index in [0.717, 1.165) is 0 Å². The van der Waals surface area contributed by atoms with E-state index in [1.807, 2.05) is 13.8 Å². The number of methoxy groups -OCH3 is 1. The van der Waals surface area contributed by atoms with E-state index in [2.05, 4.69) is 10.0 Å². The first-order valence-corrected chi connectivity index (χ1v) is 12.2. The standard InChI is InChI=1S/C21H27F3N2O4S.C2H6/c1-5-21(3,9-6-10-27)31(28,29)26-19-17(30-4)12-15(23)18(24)20(19)25-16-8-7-13(2)11-14(16)22;1-2/h7-8,11-12,25-27H,5-6,9-10H2,1-4H3;1-2H3. The van der Waals surface area contributed by atoms with Gasteiger partial charge in [0.1, 0.15) is 22.9 Å². The Hall–Kier alpha value is -2.46. The van der Waals surface area contributed by atoms with E-state index in [4.69, 9.17) is 9.84 Å². The molecule has 0 saturated carbocycles. The Morgan fingerprint density at radius 3 is 2.24 bits per heavy atom. The summed E-state index contributed by atoms with van der Waals surface area (Å²) in [5.74, 6) is -3.70. The van der Waals surface area contributed by atoms with Crippen LogP contribution in [-0.2, 0) is 10.0 Å². The maximum atomic E-state index is 14.7. The average molecular weight is 491 g/mol. The normalized spacial score (nSPS) is 12.9. The van der Waals surface area contributed by atoms with Gasteiger partial charge in [0.05, 0.1) is 17.5 Å². The van der Waals surface area contributed by atoms with Gasteiger partial charge in [0.2, 0.25) is 10.0 Å². The molecule has 2 aromatic carbocycles. The van der Waals surface area contributed by atoms with Crippen LogP contribution >= 0.6 is 0 Å². The summed E-state index contributed by atoms with van der Waals surface area (Å²) in [6.45, 7) is 8.62. The highest BCUT2D eigenvalue weighted by atomic mass is 32.2. The van der Waals surface area contributed by atoms with Gasteiger partial charge in [0, 0.05) is 12.7 Å². The number of rotatable bonds is 10. The number of aliphatic hydroxyl groups excluding tert-OH is 1. The molecule has 0 radical (unpaired) electrons. The monoisotopic (exact) mass is 490 g/mol. The zero-order chi connectivity index (χ0) is 25.4. The van der Waals surface area contributed by atoms with E-state index in [-0.39, 0.29) is 43.0 Å². The van der Waals surface area contributed by atoms with Gasteiger partial charge in [-0.15, -0.1) is 0 Å². The van der Waals surface area contributed by atoms with Gasteiger partial charge in [-0.25, -0.2) is 21.6 Å². The minimum atomic E-state index is -4.16. The van der Waals surface area contributed by atoms with E-state index >= 15 is 0 Å². The zero-order valence-corrected chi connectivity index (χ0v) is 20.7. The van der Waals surface area contributed by atoms with Crippen LogP contribution in [0.2, 0.25) is 0 Å². The largest absolute Gasteiger partial charge is 0.494 e. The maximum Gasteiger partial charge on any atom is 0.238 e. The maximum absolute atomic E-state index is 14.7. The second-order valence-corrected chi connectivity index (χ2v) is 9.67. The van der Waals surface area contributed by atoms with Crippen molar-refractivity contribution in [1.29, 1.82) is 0 Å². The number of hydrogen-bond donors (Lipinski definition) is 3. The van der Waals surface area contributed by atoms with Crippen LogP contribution in [0.4, 0.5) is 30.2 Å². The molecular weight excluding hydrogens is 457 g/mol. The molecule has 0 spiro atoms. The number of halogens is 3. The highest BCUT2D eigenvalue weighted by Crippen LogP contribution is 2.41. The van der Waals surface area contributed by atoms with Gasteiger partial charge in [0.15, 0.2) is 11.6 Å². The Balaban J connectivity index is 0.00000265. The van der Waals surface area contributed by atoms with E-state index in [1.165, 1.54) is 26.2 Å². The number of benzene rings is 2. The summed E-state index contributed by atoms with van der Waals surface area (Å²) in [7, 11) is -2.98. The Bertz CT molecular complexity index is 1050. The van der Waals surface area contributed by atoms with Crippen molar-refractivity contribution >= 4 is 27.1 Å². The number of ether oxygens (including phenoxy) is 1. The summed E-state index contributed by atoms with van der Waals surface area (Å²) < 4.78 is 75.7. The third-order valence-corrected chi connectivity index (χ3v) is 7.55. The van der Waals surface area contributed by atoms with Crippen LogP contribution in [-0.4, -0.2) is 32.0 Å². The Morgan fingerprint density at radius 2 is 1.73 bits per heavy atom. The Morgan fingerprint density at radius 1 is 1.09 bits per heavy atom. The SMILES string of the molecule is CC.CCC(C)(CCCO)S(=O)(=O)Nc1c(OC)cc(F)c(F)c1Nc1ccc(C)cc1F. The van der Waals surface area contributed by atoms with Crippen LogP contribution in [0.15, 0.2) is 24.3 Å². The third-order valence-electron chi connectivity index (χ3n) is 5.28. The molecule has 0 aliphatic heterocycles. The van der Waals surface area contributed by atoms with E-state index in [1.54, 1.807) is 19.9 Å². The molecule has 186 valence electrons. The fourth-order valence-electron chi connectivity index (χ4n) is 3.05. The molecule has 1 atom stereocenters. The van der Waals surface area contributed by atoms with Crippen molar-refractivity contribution in [3.8, 4) is 5.75 Å². The van der Waals surface area contributed by atoms with Crippen LogP contribution < -0.4 is 14.8 Å². The van der Waals surface area contributed by atoms with Crippen LogP contribution in [0.25, 0.3) is 0 Å². The minimum Gasteiger partial charge on any atom is -0.494 e. The lowest BCUT2D eigenvalue weighted by atomic mass is 10.0. The van der Waals surface area contributed by atoms with E-state index in [9.17, 15) is 21.6 Å². The van der Waals surface area contributed by atoms with Crippen LogP contribution in [0, 0.1) is 24.4 Å². The topological polar surface area (TPSA) is 87.7 Å². The first-order valence-electron chi connectivity index (χ1n) is 10.7. The lowest BCUT2D eigenvalue weighted by Crippen LogP contribution is -2.39. The minimum absolute atomic E-state index is 0.136. The molecular formula is C23H33F3N2O4S. The molecule has 6 nitrogen and oxygen atoms in total. The molecule has 0 aliphatic rings. The van der Waals surface area contributed by atoms with E-state index in [0.29, 0.717) is 11.6 Å². The fraction of sp³-hybridized carbons (Fsp3) is 0.478. The molecule has 2 aromatic rings. The van der Waals surface area contributed by atoms with Crippen molar-refractivity contribution in [1.82, 2.24) is 0 Å². The third kappa shape index (κ3) is 6.54. The second kappa shape index (κ2) is 12.1. The molecule has 0 aliphatic carbocycles. The number of sulfonamides is 1. The average Bonchev–Trinajstić information content (AvgIpc) is 2.79. The van der Waals surface area contributed by atoms with Gasteiger partial charge in [-0.2, -0.15) is 0 Å². The summed E-state index contributed by atoms with van der Waals surface area (Å²) in [6.07, 6.45) is 0.570. The van der Waals surface area contributed by atoms with Crippen LogP contribution in [0.5, 0.6) is 5.75 Å². The summed E-state index contributed by atoms with van der Waals surface area (Å²) in [5.41, 5.74) is -0.547. The van der Waals surface area contributed by atoms with Crippen molar-refractivity contribution in [3.05, 3.63) is 47.3 Å². The van der Waals surface area contributed by atoms with Crippen LogP contribution in [0.1, 0.15) is 52.5 Å². The van der Waals surface area contributed by atoms with E-state index < -0.39 is 37.9 Å². The van der Waals surface area contributed by atoms with Gasteiger partial charge < -0.3 is 15.2 Å². The Labute approximate surface area is 194 Å². The lowest BCUT2D eigenvalue weighted by molar-refractivity contribution is 0.275. The summed E-state index contributed by atoms with van der Waals surface area (Å²) >= 11 is 0. The predicted octanol–water partition coefficient (Wildman–Crippen LogP) is 5.87. The molecule has 0 amide bonds. The molecule has 0 heterocycles. The first kappa shape index (κ1) is 28.6. The van der Waals surface area contributed by atoms with Crippen molar-refractivity contribution in [2.45, 2.75) is 58.6 Å². The predicted molar refractivity (Wildman–Crippen MR) is 126 cm³/mol. The lowest BCUT2D eigenvalue weighted by Gasteiger charge is -2.29. The number of nitrogens with one attached hydrogen (secondary N) is 2. The van der Waals surface area contributed by atoms with Crippen molar-refractivity contribution in [2.24, 2.45) is 0 Å². The Kier molecular flexibility index (Phi) is 10.5. The van der Waals surface area contributed by atoms with Gasteiger partial charge in [-0.3, -0.25) is 4.72 Å².